The van der Waals surface area contributed by atoms with Crippen LogP contribution in [0.3, 0.4) is 0 Å². The fraction of sp³-hybridized carbons (Fsp3) is 0.261. The summed E-state index contributed by atoms with van der Waals surface area (Å²) in [5.41, 5.74) is 4.81. The minimum absolute atomic E-state index is 0.0570. The lowest BCUT2D eigenvalue weighted by Gasteiger charge is -2.19. The maximum atomic E-state index is 12.8. The summed E-state index contributed by atoms with van der Waals surface area (Å²) < 4.78 is 4.16. The first kappa shape index (κ1) is 18.9. The van der Waals surface area contributed by atoms with Crippen LogP contribution in [0.25, 0.3) is 5.65 Å². The molecule has 0 fully saturated rings. The third-order valence-corrected chi connectivity index (χ3v) is 5.42. The number of aryl methyl sites for hydroxylation is 1. The molecule has 6 nitrogen and oxygen atoms in total. The van der Waals surface area contributed by atoms with Crippen molar-refractivity contribution in [2.75, 3.05) is 6.54 Å². The predicted molar refractivity (Wildman–Crippen MR) is 113 cm³/mol. The number of nitrogens with zero attached hydrogens (tertiary/aromatic N) is 4. The zero-order valence-electron chi connectivity index (χ0n) is 17.0. The smallest absolute Gasteiger partial charge is 0.253 e. The third kappa shape index (κ3) is 3.66. The van der Waals surface area contributed by atoms with E-state index in [0.717, 1.165) is 28.4 Å². The molecule has 0 radical (unpaired) electrons. The van der Waals surface area contributed by atoms with E-state index in [1.165, 1.54) is 5.56 Å². The Kier molecular flexibility index (Phi) is 5.16. The van der Waals surface area contributed by atoms with Crippen molar-refractivity contribution in [1.29, 1.82) is 0 Å². The standard InChI is InChI=1S/C23H25N5O/c1-16-15-20(18(3)28(16)17(2)19-9-5-4-6-10-19)23(29)24-13-12-22-26-25-21-11-7-8-14-27(21)22/h4-11,14-15,17H,12-13H2,1-3H3,(H,24,29)/t17-/m0/s1. The van der Waals surface area contributed by atoms with Gasteiger partial charge in [-0.2, -0.15) is 0 Å². The molecule has 1 N–H and O–H groups in total. The molecule has 148 valence electrons. The molecule has 4 rings (SSSR count). The molecule has 3 heterocycles. The largest absolute Gasteiger partial charge is 0.352 e. The van der Waals surface area contributed by atoms with Gasteiger partial charge in [0.15, 0.2) is 5.65 Å². The zero-order valence-corrected chi connectivity index (χ0v) is 17.0. The number of rotatable bonds is 6. The summed E-state index contributed by atoms with van der Waals surface area (Å²) in [6, 6.07) is 18.3. The highest BCUT2D eigenvalue weighted by atomic mass is 16.1. The zero-order chi connectivity index (χ0) is 20.4. The number of carbonyl (C=O) groups is 1. The summed E-state index contributed by atoms with van der Waals surface area (Å²) in [6.45, 7) is 6.72. The first-order chi connectivity index (χ1) is 14.1. The number of fused-ring (bicyclic) bond motifs is 1. The summed E-state index contributed by atoms with van der Waals surface area (Å²) in [7, 11) is 0. The highest BCUT2D eigenvalue weighted by molar-refractivity contribution is 5.95. The van der Waals surface area contributed by atoms with Crippen LogP contribution in [0.5, 0.6) is 0 Å². The van der Waals surface area contributed by atoms with E-state index >= 15 is 0 Å². The number of benzene rings is 1. The summed E-state index contributed by atoms with van der Waals surface area (Å²) >= 11 is 0. The van der Waals surface area contributed by atoms with Gasteiger partial charge in [0, 0.05) is 30.6 Å². The van der Waals surface area contributed by atoms with E-state index in [-0.39, 0.29) is 11.9 Å². The van der Waals surface area contributed by atoms with Gasteiger partial charge >= 0.3 is 0 Å². The second-order valence-electron chi connectivity index (χ2n) is 7.29. The number of carbonyl (C=O) groups excluding carboxylic acids is 1. The average molecular weight is 387 g/mol. The molecule has 0 unspecified atom stereocenters. The molecule has 0 bridgehead atoms. The number of pyridine rings is 1. The number of hydrogen-bond donors (Lipinski definition) is 1. The third-order valence-electron chi connectivity index (χ3n) is 5.42. The van der Waals surface area contributed by atoms with Gasteiger partial charge < -0.3 is 9.88 Å². The van der Waals surface area contributed by atoms with Crippen LogP contribution in [0.2, 0.25) is 0 Å². The molecule has 0 aliphatic rings. The number of hydrogen-bond acceptors (Lipinski definition) is 3. The van der Waals surface area contributed by atoms with Gasteiger partial charge in [-0.1, -0.05) is 36.4 Å². The average Bonchev–Trinajstić information content (AvgIpc) is 3.28. The van der Waals surface area contributed by atoms with E-state index in [1.807, 2.05) is 66.9 Å². The molecule has 0 aliphatic carbocycles. The lowest BCUT2D eigenvalue weighted by molar-refractivity contribution is 0.0953. The molecule has 0 saturated heterocycles. The van der Waals surface area contributed by atoms with Crippen molar-refractivity contribution in [3.63, 3.8) is 0 Å². The summed E-state index contributed by atoms with van der Waals surface area (Å²) in [6.07, 6.45) is 2.56. The fourth-order valence-corrected chi connectivity index (χ4v) is 3.93. The molecule has 1 aromatic carbocycles. The second-order valence-corrected chi connectivity index (χ2v) is 7.29. The first-order valence-corrected chi connectivity index (χ1v) is 9.86. The van der Waals surface area contributed by atoms with Crippen LogP contribution >= 0.6 is 0 Å². The first-order valence-electron chi connectivity index (χ1n) is 9.86. The SMILES string of the molecule is Cc1cc(C(=O)NCCc2nnc3ccccn23)c(C)n1[C@@H](C)c1ccccc1. The monoisotopic (exact) mass is 387 g/mol. The normalized spacial score (nSPS) is 12.2. The molecule has 29 heavy (non-hydrogen) atoms. The Labute approximate surface area is 170 Å². The molecule has 1 amide bonds. The van der Waals surface area contributed by atoms with Gasteiger partial charge in [0.1, 0.15) is 5.82 Å². The van der Waals surface area contributed by atoms with Gasteiger partial charge in [-0.15, -0.1) is 10.2 Å². The van der Waals surface area contributed by atoms with Crippen LogP contribution in [-0.2, 0) is 6.42 Å². The summed E-state index contributed by atoms with van der Waals surface area (Å²) in [5, 5.41) is 11.4. The molecule has 4 aromatic rings. The molecule has 0 spiro atoms. The Morgan fingerprint density at radius 1 is 1.07 bits per heavy atom. The van der Waals surface area contributed by atoms with Gasteiger partial charge in [0.25, 0.3) is 5.91 Å². The Balaban J connectivity index is 1.46. The highest BCUT2D eigenvalue weighted by Gasteiger charge is 2.19. The number of nitrogens with one attached hydrogen (secondary N) is 1. The van der Waals surface area contributed by atoms with Gasteiger partial charge in [0.05, 0.1) is 11.6 Å². The maximum Gasteiger partial charge on any atom is 0.253 e. The maximum absolute atomic E-state index is 12.8. The van der Waals surface area contributed by atoms with Crippen molar-refractivity contribution in [1.82, 2.24) is 24.5 Å². The molecule has 3 aromatic heterocycles. The van der Waals surface area contributed by atoms with E-state index in [2.05, 4.69) is 39.1 Å². The molecule has 1 atom stereocenters. The minimum atomic E-state index is -0.0570. The Hall–Kier alpha value is -3.41. The van der Waals surface area contributed by atoms with Crippen LogP contribution in [0.1, 0.15) is 46.1 Å². The predicted octanol–water partition coefficient (Wildman–Crippen LogP) is 3.73. The van der Waals surface area contributed by atoms with Crippen molar-refractivity contribution in [2.24, 2.45) is 0 Å². The molecule has 0 saturated carbocycles. The van der Waals surface area contributed by atoms with Gasteiger partial charge in [-0.05, 0) is 44.5 Å². The quantitative estimate of drug-likeness (QED) is 0.548. The van der Waals surface area contributed by atoms with E-state index < -0.39 is 0 Å². The summed E-state index contributed by atoms with van der Waals surface area (Å²) in [4.78, 5) is 12.8. The lowest BCUT2D eigenvalue weighted by atomic mass is 10.1. The lowest BCUT2D eigenvalue weighted by Crippen LogP contribution is -2.26. The van der Waals surface area contributed by atoms with Crippen LogP contribution in [0.15, 0.2) is 60.8 Å². The van der Waals surface area contributed by atoms with Gasteiger partial charge in [0.2, 0.25) is 0 Å². The topological polar surface area (TPSA) is 64.2 Å². The van der Waals surface area contributed by atoms with Crippen LogP contribution in [0.4, 0.5) is 0 Å². The van der Waals surface area contributed by atoms with Crippen LogP contribution in [0, 0.1) is 13.8 Å². The highest BCUT2D eigenvalue weighted by Crippen LogP contribution is 2.25. The van der Waals surface area contributed by atoms with Crippen molar-refractivity contribution in [3.05, 3.63) is 89.1 Å². The van der Waals surface area contributed by atoms with Gasteiger partial charge in [-0.25, -0.2) is 0 Å². The molecular weight excluding hydrogens is 362 g/mol. The van der Waals surface area contributed by atoms with Crippen molar-refractivity contribution >= 4 is 11.6 Å². The molecular formula is C23H25N5O. The minimum Gasteiger partial charge on any atom is -0.352 e. The van der Waals surface area contributed by atoms with E-state index in [4.69, 9.17) is 0 Å². The molecule has 0 aliphatic heterocycles. The Morgan fingerprint density at radius 3 is 2.62 bits per heavy atom. The van der Waals surface area contributed by atoms with Gasteiger partial charge in [-0.3, -0.25) is 9.20 Å². The Bertz CT molecular complexity index is 1140. The van der Waals surface area contributed by atoms with Crippen molar-refractivity contribution in [2.45, 2.75) is 33.2 Å². The number of aromatic nitrogens is 4. The van der Waals surface area contributed by atoms with Crippen molar-refractivity contribution < 1.29 is 4.79 Å². The van der Waals surface area contributed by atoms with E-state index in [9.17, 15) is 4.79 Å². The second kappa shape index (κ2) is 7.91. The Morgan fingerprint density at radius 2 is 1.83 bits per heavy atom. The van der Waals surface area contributed by atoms with Crippen LogP contribution < -0.4 is 5.32 Å². The van der Waals surface area contributed by atoms with E-state index in [0.29, 0.717) is 13.0 Å². The number of amides is 1. The molecule has 6 heteroatoms. The summed E-state index contributed by atoms with van der Waals surface area (Å²) in [5.74, 6) is 0.780. The van der Waals surface area contributed by atoms with Crippen molar-refractivity contribution in [3.8, 4) is 0 Å². The van der Waals surface area contributed by atoms with Crippen LogP contribution in [-0.4, -0.2) is 31.6 Å². The van der Waals surface area contributed by atoms with E-state index in [1.54, 1.807) is 0 Å². The fourth-order valence-electron chi connectivity index (χ4n) is 3.93.